The van der Waals surface area contributed by atoms with Gasteiger partial charge >= 0.3 is 0 Å². The lowest BCUT2D eigenvalue weighted by atomic mass is 9.81. The molecule has 1 atom stereocenters. The quantitative estimate of drug-likeness (QED) is 0.838. The van der Waals surface area contributed by atoms with Gasteiger partial charge in [-0.3, -0.25) is 9.48 Å². The standard InChI is InChI=1S/C17H20BrN5O/c18-12-3-1-11-2-4-15(14(11)7-12)20-17(24)16-9-23(22-21-16)8-10-5-13(19)6-10/h1,3,7,9-10,13,15H,2,4-6,8,19H2,(H,20,24)/t10?,13?,15-/m1/s1. The van der Waals surface area contributed by atoms with E-state index in [1.165, 1.54) is 11.1 Å². The molecular weight excluding hydrogens is 370 g/mol. The van der Waals surface area contributed by atoms with Crippen LogP contribution in [-0.4, -0.2) is 26.9 Å². The van der Waals surface area contributed by atoms with Crippen LogP contribution in [0.4, 0.5) is 0 Å². The molecule has 0 radical (unpaired) electrons. The van der Waals surface area contributed by atoms with Crippen LogP contribution in [0, 0.1) is 5.92 Å². The fourth-order valence-electron chi connectivity index (χ4n) is 3.65. The van der Waals surface area contributed by atoms with Gasteiger partial charge in [0.15, 0.2) is 5.69 Å². The van der Waals surface area contributed by atoms with E-state index in [4.69, 9.17) is 5.73 Å². The van der Waals surface area contributed by atoms with Crippen LogP contribution in [0.3, 0.4) is 0 Å². The Balaban J connectivity index is 1.40. The van der Waals surface area contributed by atoms with Gasteiger partial charge in [0.05, 0.1) is 12.2 Å². The summed E-state index contributed by atoms with van der Waals surface area (Å²) < 4.78 is 2.79. The molecule has 1 heterocycles. The highest BCUT2D eigenvalue weighted by atomic mass is 79.9. The normalized spacial score (nSPS) is 25.2. The molecule has 126 valence electrons. The van der Waals surface area contributed by atoms with Gasteiger partial charge in [-0.1, -0.05) is 27.2 Å². The Morgan fingerprint density at radius 3 is 3.04 bits per heavy atom. The Bertz CT molecular complexity index is 768. The van der Waals surface area contributed by atoms with Crippen molar-refractivity contribution < 1.29 is 4.79 Å². The first-order valence-electron chi connectivity index (χ1n) is 8.33. The third-order valence-corrected chi connectivity index (χ3v) is 5.47. The van der Waals surface area contributed by atoms with Gasteiger partial charge in [-0.2, -0.15) is 0 Å². The fourth-order valence-corrected chi connectivity index (χ4v) is 4.03. The molecule has 3 N–H and O–H groups in total. The number of hydrogen-bond acceptors (Lipinski definition) is 4. The molecule has 6 nitrogen and oxygen atoms in total. The van der Waals surface area contributed by atoms with Crippen molar-refractivity contribution in [2.24, 2.45) is 11.7 Å². The average molecular weight is 390 g/mol. The second kappa shape index (κ2) is 6.29. The van der Waals surface area contributed by atoms with E-state index in [1.807, 2.05) is 6.07 Å². The number of fused-ring (bicyclic) bond motifs is 1. The Morgan fingerprint density at radius 1 is 1.42 bits per heavy atom. The van der Waals surface area contributed by atoms with Crippen LogP contribution in [0.1, 0.15) is 46.9 Å². The molecule has 1 amide bonds. The number of aromatic nitrogens is 3. The molecule has 0 spiro atoms. The van der Waals surface area contributed by atoms with Gasteiger partial charge in [-0.25, -0.2) is 0 Å². The van der Waals surface area contributed by atoms with Gasteiger partial charge in [-0.15, -0.1) is 5.10 Å². The first-order chi connectivity index (χ1) is 11.6. The summed E-state index contributed by atoms with van der Waals surface area (Å²) in [5, 5.41) is 11.2. The predicted molar refractivity (Wildman–Crippen MR) is 93.4 cm³/mol. The fraction of sp³-hybridized carbons (Fsp3) is 0.471. The van der Waals surface area contributed by atoms with Crippen LogP contribution < -0.4 is 11.1 Å². The summed E-state index contributed by atoms with van der Waals surface area (Å²) in [7, 11) is 0. The van der Waals surface area contributed by atoms with Crippen molar-refractivity contribution in [3.63, 3.8) is 0 Å². The zero-order valence-corrected chi connectivity index (χ0v) is 14.9. The zero-order chi connectivity index (χ0) is 16.7. The zero-order valence-electron chi connectivity index (χ0n) is 13.3. The molecule has 7 heteroatoms. The molecule has 1 aromatic carbocycles. The summed E-state index contributed by atoms with van der Waals surface area (Å²) >= 11 is 3.50. The van der Waals surface area contributed by atoms with Gasteiger partial charge in [0.25, 0.3) is 5.91 Å². The molecule has 2 aliphatic rings. The largest absolute Gasteiger partial charge is 0.344 e. The number of rotatable bonds is 4. The molecule has 0 saturated heterocycles. The van der Waals surface area contributed by atoms with Crippen molar-refractivity contribution in [3.8, 4) is 0 Å². The highest BCUT2D eigenvalue weighted by molar-refractivity contribution is 9.10. The van der Waals surface area contributed by atoms with Crippen molar-refractivity contribution in [2.45, 2.75) is 44.3 Å². The predicted octanol–water partition coefficient (Wildman–Crippen LogP) is 2.20. The number of aryl methyl sites for hydroxylation is 1. The lowest BCUT2D eigenvalue weighted by molar-refractivity contribution is 0.0931. The highest BCUT2D eigenvalue weighted by Gasteiger charge is 2.28. The van der Waals surface area contributed by atoms with Gasteiger partial charge in [0, 0.05) is 17.1 Å². The molecule has 4 rings (SSSR count). The Kier molecular flexibility index (Phi) is 4.14. The number of hydrogen-bond donors (Lipinski definition) is 2. The van der Waals surface area contributed by atoms with Crippen LogP contribution in [0.25, 0.3) is 0 Å². The summed E-state index contributed by atoms with van der Waals surface area (Å²) in [5.41, 5.74) is 8.67. The van der Waals surface area contributed by atoms with Gasteiger partial charge in [0.1, 0.15) is 0 Å². The monoisotopic (exact) mass is 389 g/mol. The summed E-state index contributed by atoms with van der Waals surface area (Å²) in [6.07, 6.45) is 5.69. The molecule has 0 bridgehead atoms. The highest BCUT2D eigenvalue weighted by Crippen LogP contribution is 2.33. The van der Waals surface area contributed by atoms with E-state index >= 15 is 0 Å². The molecule has 2 aliphatic carbocycles. The minimum absolute atomic E-state index is 0.0415. The Hall–Kier alpha value is -1.73. The average Bonchev–Trinajstić information content (AvgIpc) is 3.13. The second-order valence-corrected chi connectivity index (χ2v) is 7.75. The van der Waals surface area contributed by atoms with Gasteiger partial charge in [-0.05, 0) is 54.9 Å². The molecule has 0 aliphatic heterocycles. The number of amides is 1. The van der Waals surface area contributed by atoms with Crippen LogP contribution in [0.5, 0.6) is 0 Å². The van der Waals surface area contributed by atoms with Crippen molar-refractivity contribution in [1.29, 1.82) is 0 Å². The van der Waals surface area contributed by atoms with E-state index in [0.29, 0.717) is 17.7 Å². The summed E-state index contributed by atoms with van der Waals surface area (Å²) in [6, 6.07) is 6.61. The Labute approximate surface area is 148 Å². The second-order valence-electron chi connectivity index (χ2n) is 6.83. The Morgan fingerprint density at radius 2 is 2.25 bits per heavy atom. The van der Waals surface area contributed by atoms with Gasteiger partial charge in [0.2, 0.25) is 0 Å². The molecule has 1 saturated carbocycles. The van der Waals surface area contributed by atoms with Crippen molar-refractivity contribution in [1.82, 2.24) is 20.3 Å². The van der Waals surface area contributed by atoms with Crippen molar-refractivity contribution >= 4 is 21.8 Å². The maximum Gasteiger partial charge on any atom is 0.273 e. The summed E-state index contributed by atoms with van der Waals surface area (Å²) in [4.78, 5) is 12.5. The minimum Gasteiger partial charge on any atom is -0.344 e. The number of nitrogens with zero attached hydrogens (tertiary/aromatic N) is 3. The topological polar surface area (TPSA) is 85.8 Å². The van der Waals surface area contributed by atoms with E-state index in [0.717, 1.165) is 36.7 Å². The van der Waals surface area contributed by atoms with Crippen molar-refractivity contribution in [2.75, 3.05) is 0 Å². The first kappa shape index (κ1) is 15.8. The molecule has 0 unspecified atom stereocenters. The molecule has 2 aromatic rings. The lowest BCUT2D eigenvalue weighted by Gasteiger charge is -2.31. The number of nitrogens with one attached hydrogen (secondary N) is 1. The van der Waals surface area contributed by atoms with E-state index in [1.54, 1.807) is 10.9 Å². The third-order valence-electron chi connectivity index (χ3n) is 4.98. The van der Waals surface area contributed by atoms with Crippen LogP contribution in [0.2, 0.25) is 0 Å². The first-order valence-corrected chi connectivity index (χ1v) is 9.12. The van der Waals surface area contributed by atoms with E-state index in [2.05, 4.69) is 43.7 Å². The molecule has 1 aromatic heterocycles. The van der Waals surface area contributed by atoms with Crippen LogP contribution in [0.15, 0.2) is 28.9 Å². The number of carbonyl (C=O) groups is 1. The SMILES string of the molecule is NC1CC(Cn2cc(C(=O)N[C@@H]3CCc4ccc(Br)cc43)nn2)C1. The summed E-state index contributed by atoms with van der Waals surface area (Å²) in [6.45, 7) is 0.785. The summed E-state index contributed by atoms with van der Waals surface area (Å²) in [5.74, 6) is 0.390. The third kappa shape index (κ3) is 3.10. The van der Waals surface area contributed by atoms with Gasteiger partial charge < -0.3 is 11.1 Å². The number of carbonyl (C=O) groups excluding carboxylic acids is 1. The van der Waals surface area contributed by atoms with E-state index in [9.17, 15) is 4.79 Å². The van der Waals surface area contributed by atoms with Crippen LogP contribution in [-0.2, 0) is 13.0 Å². The molecule has 24 heavy (non-hydrogen) atoms. The smallest absolute Gasteiger partial charge is 0.273 e. The number of nitrogens with two attached hydrogens (primary N) is 1. The van der Waals surface area contributed by atoms with E-state index < -0.39 is 0 Å². The lowest BCUT2D eigenvalue weighted by Crippen LogP contribution is -2.38. The maximum atomic E-state index is 12.5. The van der Waals surface area contributed by atoms with E-state index in [-0.39, 0.29) is 11.9 Å². The molecular formula is C17H20BrN5O. The van der Waals surface area contributed by atoms with Crippen molar-refractivity contribution in [3.05, 3.63) is 45.7 Å². The maximum absolute atomic E-state index is 12.5. The number of benzene rings is 1. The number of halogens is 1. The minimum atomic E-state index is -0.163. The molecule has 1 fully saturated rings. The van der Waals surface area contributed by atoms with Crippen LogP contribution >= 0.6 is 15.9 Å².